The third kappa shape index (κ3) is 2.92. The third-order valence-electron chi connectivity index (χ3n) is 4.28. The molecule has 27 heavy (non-hydrogen) atoms. The first-order chi connectivity index (χ1) is 13.1. The van der Waals surface area contributed by atoms with Gasteiger partial charge in [-0.05, 0) is 42.7 Å². The fourth-order valence-corrected chi connectivity index (χ4v) is 3.36. The van der Waals surface area contributed by atoms with Crippen molar-refractivity contribution in [2.45, 2.75) is 6.92 Å². The first-order valence-electron chi connectivity index (χ1n) is 8.45. The molecule has 0 aliphatic rings. The van der Waals surface area contributed by atoms with Crippen LogP contribution in [0.4, 0.5) is 0 Å². The van der Waals surface area contributed by atoms with Crippen LogP contribution in [-0.2, 0) is 0 Å². The first kappa shape index (κ1) is 17.1. The van der Waals surface area contributed by atoms with Crippen molar-refractivity contribution >= 4 is 23.0 Å². The van der Waals surface area contributed by atoms with Gasteiger partial charge in [0.1, 0.15) is 17.2 Å². The smallest absolute Gasteiger partial charge is 0.200 e. The number of benzene rings is 3. The Morgan fingerprint density at radius 2 is 1.93 bits per heavy atom. The Kier molecular flexibility index (Phi) is 4.29. The Bertz CT molecular complexity index is 1200. The molecule has 0 saturated carbocycles. The number of phenols is 2. The third-order valence-corrected chi connectivity index (χ3v) is 4.56. The number of H-pyrrole nitrogens is 1. The molecule has 0 bridgehead atoms. The van der Waals surface area contributed by atoms with Gasteiger partial charge in [-0.3, -0.25) is 9.67 Å². The minimum atomic E-state index is -0.0940. The molecule has 7 heteroatoms. The molecule has 1 aromatic heterocycles. The summed E-state index contributed by atoms with van der Waals surface area (Å²) in [5, 5.41) is 29.0. The minimum Gasteiger partial charge on any atom is -0.508 e. The molecule has 1 heterocycles. The van der Waals surface area contributed by atoms with E-state index in [0.29, 0.717) is 28.5 Å². The largest absolute Gasteiger partial charge is 0.508 e. The van der Waals surface area contributed by atoms with Crippen molar-refractivity contribution in [1.29, 1.82) is 0 Å². The van der Waals surface area contributed by atoms with E-state index in [1.54, 1.807) is 10.6 Å². The molecular weight excluding hydrogens is 362 g/mol. The zero-order valence-corrected chi connectivity index (χ0v) is 15.3. The van der Waals surface area contributed by atoms with E-state index >= 15 is 0 Å². The summed E-state index contributed by atoms with van der Waals surface area (Å²) in [5.41, 5.74) is 1.19. The van der Waals surface area contributed by atoms with Crippen molar-refractivity contribution in [3.63, 3.8) is 0 Å². The van der Waals surface area contributed by atoms with Crippen molar-refractivity contribution in [2.75, 3.05) is 6.61 Å². The summed E-state index contributed by atoms with van der Waals surface area (Å²) < 4.78 is 7.97. The first-order valence-corrected chi connectivity index (χ1v) is 8.85. The summed E-state index contributed by atoms with van der Waals surface area (Å²) in [4.78, 5) is 0. The lowest BCUT2D eigenvalue weighted by atomic mass is 10.1. The van der Waals surface area contributed by atoms with Crippen LogP contribution >= 0.6 is 12.2 Å². The minimum absolute atomic E-state index is 0.0305. The van der Waals surface area contributed by atoms with Gasteiger partial charge in [-0.25, -0.2) is 0 Å². The van der Waals surface area contributed by atoms with E-state index in [-0.39, 0.29) is 11.5 Å². The maximum absolute atomic E-state index is 10.3. The second-order valence-electron chi connectivity index (χ2n) is 5.96. The lowest BCUT2D eigenvalue weighted by Crippen LogP contribution is -2.04. The highest BCUT2D eigenvalue weighted by Crippen LogP contribution is 2.37. The van der Waals surface area contributed by atoms with Crippen LogP contribution in [0.2, 0.25) is 0 Å². The van der Waals surface area contributed by atoms with Gasteiger partial charge in [0.2, 0.25) is 0 Å². The van der Waals surface area contributed by atoms with Gasteiger partial charge in [-0.15, -0.1) is 0 Å². The van der Waals surface area contributed by atoms with Crippen LogP contribution in [0, 0.1) is 4.77 Å². The molecule has 0 aliphatic heterocycles. The number of hydrogen-bond donors (Lipinski definition) is 3. The lowest BCUT2D eigenvalue weighted by molar-refractivity contribution is 0.339. The summed E-state index contributed by atoms with van der Waals surface area (Å²) in [6.45, 7) is 2.41. The van der Waals surface area contributed by atoms with Gasteiger partial charge >= 0.3 is 0 Å². The van der Waals surface area contributed by atoms with Crippen LogP contribution in [-0.4, -0.2) is 31.6 Å². The maximum atomic E-state index is 10.3. The predicted molar refractivity (Wildman–Crippen MR) is 106 cm³/mol. The summed E-state index contributed by atoms with van der Waals surface area (Å²) in [6, 6.07) is 16.2. The molecule has 3 aromatic carbocycles. The van der Waals surface area contributed by atoms with Crippen molar-refractivity contribution in [3.05, 3.63) is 59.4 Å². The van der Waals surface area contributed by atoms with Gasteiger partial charge in [0.05, 0.1) is 17.9 Å². The number of rotatable bonds is 4. The fraction of sp³-hybridized carbons (Fsp3) is 0.100. The molecule has 0 unspecified atom stereocenters. The summed E-state index contributed by atoms with van der Waals surface area (Å²) >= 11 is 5.49. The van der Waals surface area contributed by atoms with Crippen molar-refractivity contribution in [2.24, 2.45) is 0 Å². The van der Waals surface area contributed by atoms with Crippen LogP contribution < -0.4 is 4.74 Å². The fourth-order valence-electron chi connectivity index (χ4n) is 3.13. The molecule has 0 radical (unpaired) electrons. The number of nitrogens with zero attached hydrogens (tertiary/aromatic N) is 2. The van der Waals surface area contributed by atoms with Gasteiger partial charge in [0, 0.05) is 11.5 Å². The molecule has 3 N–H and O–H groups in total. The molecular formula is C20H17N3O3S. The molecule has 0 atom stereocenters. The highest BCUT2D eigenvalue weighted by Gasteiger charge is 2.19. The SMILES string of the molecule is CCOc1ccc2ccccc2c1-n1c(-c2ccc(O)cc2O)n[nH]c1=S. The van der Waals surface area contributed by atoms with E-state index in [2.05, 4.69) is 10.2 Å². The number of aromatic hydroxyl groups is 2. The van der Waals surface area contributed by atoms with Gasteiger partial charge < -0.3 is 14.9 Å². The molecule has 0 amide bonds. The Labute approximate surface area is 160 Å². The van der Waals surface area contributed by atoms with Crippen LogP contribution in [0.1, 0.15) is 6.92 Å². The molecule has 0 fully saturated rings. The number of aromatic nitrogens is 3. The van der Waals surface area contributed by atoms with Gasteiger partial charge in [0.25, 0.3) is 0 Å². The Hall–Kier alpha value is -3.32. The number of nitrogens with one attached hydrogen (secondary N) is 1. The number of hydrogen-bond acceptors (Lipinski definition) is 5. The number of ether oxygens (including phenoxy) is 1. The quantitative estimate of drug-likeness (QED) is 0.453. The lowest BCUT2D eigenvalue weighted by Gasteiger charge is -2.16. The van der Waals surface area contributed by atoms with E-state index in [4.69, 9.17) is 17.0 Å². The van der Waals surface area contributed by atoms with Crippen LogP contribution in [0.5, 0.6) is 17.2 Å². The Morgan fingerprint density at radius 1 is 1.11 bits per heavy atom. The van der Waals surface area contributed by atoms with E-state index < -0.39 is 0 Å². The van der Waals surface area contributed by atoms with E-state index in [1.165, 1.54) is 12.1 Å². The molecule has 4 rings (SSSR count). The zero-order chi connectivity index (χ0) is 19.0. The molecule has 4 aromatic rings. The highest BCUT2D eigenvalue weighted by atomic mass is 32.1. The van der Waals surface area contributed by atoms with Crippen LogP contribution in [0.3, 0.4) is 0 Å². The van der Waals surface area contributed by atoms with Gasteiger partial charge in [0.15, 0.2) is 10.6 Å². The van der Waals surface area contributed by atoms with Crippen molar-refractivity contribution in [3.8, 4) is 34.3 Å². The van der Waals surface area contributed by atoms with Gasteiger partial charge in [-0.2, -0.15) is 5.10 Å². The molecule has 0 saturated heterocycles. The van der Waals surface area contributed by atoms with Gasteiger partial charge in [-0.1, -0.05) is 30.3 Å². The van der Waals surface area contributed by atoms with Crippen molar-refractivity contribution < 1.29 is 14.9 Å². The number of aromatic amines is 1. The van der Waals surface area contributed by atoms with E-state index in [9.17, 15) is 10.2 Å². The zero-order valence-electron chi connectivity index (χ0n) is 14.5. The monoisotopic (exact) mass is 379 g/mol. The standard InChI is InChI=1S/C20H17N3O3S/c1-2-26-17-10-7-12-5-3-4-6-14(12)18(17)23-19(21-22-20(23)27)15-9-8-13(24)11-16(15)25/h3-11,24-25H,2H2,1H3,(H,22,27). The molecule has 0 spiro atoms. The molecule has 6 nitrogen and oxygen atoms in total. The highest BCUT2D eigenvalue weighted by molar-refractivity contribution is 7.71. The molecule has 136 valence electrons. The number of phenolic OH excluding ortho intramolecular Hbond substituents is 2. The van der Waals surface area contributed by atoms with E-state index in [1.807, 2.05) is 43.3 Å². The Morgan fingerprint density at radius 3 is 2.70 bits per heavy atom. The average molecular weight is 379 g/mol. The predicted octanol–water partition coefficient (Wildman–Crippen LogP) is 4.56. The topological polar surface area (TPSA) is 83.3 Å². The average Bonchev–Trinajstić information content (AvgIpc) is 3.03. The summed E-state index contributed by atoms with van der Waals surface area (Å²) in [6.07, 6.45) is 0. The molecule has 0 aliphatic carbocycles. The van der Waals surface area contributed by atoms with Crippen LogP contribution in [0.25, 0.3) is 27.8 Å². The summed E-state index contributed by atoms with van der Waals surface area (Å²) in [5.74, 6) is 0.962. The Balaban J connectivity index is 2.07. The maximum Gasteiger partial charge on any atom is 0.200 e. The number of fused-ring (bicyclic) bond motifs is 1. The van der Waals surface area contributed by atoms with E-state index in [0.717, 1.165) is 16.5 Å². The normalized spacial score (nSPS) is 11.0. The second kappa shape index (κ2) is 6.77. The van der Waals surface area contributed by atoms with Crippen LogP contribution in [0.15, 0.2) is 54.6 Å². The summed E-state index contributed by atoms with van der Waals surface area (Å²) in [7, 11) is 0. The van der Waals surface area contributed by atoms with Crippen molar-refractivity contribution in [1.82, 2.24) is 14.8 Å². The second-order valence-corrected chi connectivity index (χ2v) is 6.34.